The Hall–Kier alpha value is -3.06. The molecule has 6 nitrogen and oxygen atoms in total. The van der Waals surface area contributed by atoms with Crippen LogP contribution in [0.5, 0.6) is 5.75 Å². The molecule has 2 aromatic carbocycles. The lowest BCUT2D eigenvalue weighted by atomic mass is 10.00. The van der Waals surface area contributed by atoms with Gasteiger partial charge in [-0.25, -0.2) is 0 Å². The van der Waals surface area contributed by atoms with E-state index >= 15 is 0 Å². The SMILES string of the molecule is CCOc1cccc(/C=C2\SC(=O)N(CC(=O)N3CCc4ccccc4C3)C2=O)c1. The van der Waals surface area contributed by atoms with E-state index < -0.39 is 11.1 Å². The van der Waals surface area contributed by atoms with Gasteiger partial charge in [0.2, 0.25) is 5.91 Å². The Kier molecular flexibility index (Phi) is 5.90. The average Bonchev–Trinajstić information content (AvgIpc) is 3.01. The standard InChI is InChI=1S/C23H22N2O4S/c1-2-29-19-9-5-6-16(12-19)13-20-22(27)25(23(28)30-20)15-21(26)24-11-10-17-7-3-4-8-18(17)14-24/h3-9,12-13H,2,10-11,14-15H2,1H3/b20-13-. The molecule has 1 fully saturated rings. The van der Waals surface area contributed by atoms with E-state index in [-0.39, 0.29) is 12.5 Å². The van der Waals surface area contributed by atoms with Crippen LogP contribution in [0.1, 0.15) is 23.6 Å². The third kappa shape index (κ3) is 4.26. The predicted octanol–water partition coefficient (Wildman–Crippen LogP) is 3.71. The van der Waals surface area contributed by atoms with Crippen molar-refractivity contribution in [1.29, 1.82) is 0 Å². The molecule has 0 saturated carbocycles. The van der Waals surface area contributed by atoms with E-state index in [1.165, 1.54) is 5.56 Å². The molecule has 3 amide bonds. The maximum atomic E-state index is 12.8. The molecule has 2 aliphatic heterocycles. The summed E-state index contributed by atoms with van der Waals surface area (Å²) in [4.78, 5) is 41.0. The van der Waals surface area contributed by atoms with Crippen LogP contribution in [0, 0.1) is 0 Å². The van der Waals surface area contributed by atoms with Crippen LogP contribution in [0.2, 0.25) is 0 Å². The number of imide groups is 1. The molecule has 2 aromatic rings. The molecule has 4 rings (SSSR count). The van der Waals surface area contributed by atoms with E-state index in [0.29, 0.717) is 30.4 Å². The fourth-order valence-electron chi connectivity index (χ4n) is 3.59. The maximum absolute atomic E-state index is 12.8. The molecule has 0 aromatic heterocycles. The summed E-state index contributed by atoms with van der Waals surface area (Å²) in [6.45, 7) is 3.31. The normalized spacial score (nSPS) is 17.4. The molecule has 0 radical (unpaired) electrons. The lowest BCUT2D eigenvalue weighted by molar-refractivity contribution is -0.136. The van der Waals surface area contributed by atoms with Gasteiger partial charge in [0, 0.05) is 13.1 Å². The minimum absolute atomic E-state index is 0.216. The van der Waals surface area contributed by atoms with Crippen molar-refractivity contribution in [1.82, 2.24) is 9.80 Å². The number of amides is 3. The number of thioether (sulfide) groups is 1. The van der Waals surface area contributed by atoms with Crippen molar-refractivity contribution in [3.63, 3.8) is 0 Å². The molecule has 0 atom stereocenters. The molecule has 1 saturated heterocycles. The van der Waals surface area contributed by atoms with Crippen molar-refractivity contribution in [3.05, 3.63) is 70.1 Å². The summed E-state index contributed by atoms with van der Waals surface area (Å²) in [5.74, 6) is 0.0509. The van der Waals surface area contributed by atoms with Crippen LogP contribution in [0.4, 0.5) is 4.79 Å². The highest BCUT2D eigenvalue weighted by Crippen LogP contribution is 2.33. The van der Waals surface area contributed by atoms with Crippen molar-refractivity contribution in [3.8, 4) is 5.75 Å². The molecule has 2 aliphatic rings. The Balaban J connectivity index is 1.44. The topological polar surface area (TPSA) is 66.9 Å². The first kappa shape index (κ1) is 20.2. The van der Waals surface area contributed by atoms with Crippen molar-refractivity contribution in [2.45, 2.75) is 19.9 Å². The van der Waals surface area contributed by atoms with Gasteiger partial charge in [0.05, 0.1) is 11.5 Å². The van der Waals surface area contributed by atoms with Crippen molar-refractivity contribution in [2.75, 3.05) is 19.7 Å². The van der Waals surface area contributed by atoms with Crippen molar-refractivity contribution >= 4 is 34.9 Å². The summed E-state index contributed by atoms with van der Waals surface area (Å²) in [6.07, 6.45) is 2.44. The first-order valence-corrected chi connectivity index (χ1v) is 10.7. The van der Waals surface area contributed by atoms with Gasteiger partial charge in [-0.05, 0) is 60.0 Å². The number of hydrogen-bond donors (Lipinski definition) is 0. The summed E-state index contributed by atoms with van der Waals surface area (Å²) in [5, 5.41) is -0.419. The Labute approximate surface area is 179 Å². The number of fused-ring (bicyclic) bond motifs is 1. The van der Waals surface area contributed by atoms with Crippen LogP contribution in [0.3, 0.4) is 0 Å². The number of ether oxygens (including phenoxy) is 1. The van der Waals surface area contributed by atoms with Gasteiger partial charge in [0.25, 0.3) is 11.1 Å². The highest BCUT2D eigenvalue weighted by molar-refractivity contribution is 8.18. The number of benzene rings is 2. The quantitative estimate of drug-likeness (QED) is 0.688. The van der Waals surface area contributed by atoms with Gasteiger partial charge in [-0.3, -0.25) is 19.3 Å². The molecule has 7 heteroatoms. The minimum Gasteiger partial charge on any atom is -0.494 e. The molecule has 0 unspecified atom stereocenters. The Morgan fingerprint density at radius 3 is 2.73 bits per heavy atom. The monoisotopic (exact) mass is 422 g/mol. The van der Waals surface area contributed by atoms with Gasteiger partial charge >= 0.3 is 0 Å². The van der Waals surface area contributed by atoms with E-state index in [9.17, 15) is 14.4 Å². The van der Waals surface area contributed by atoms with Crippen LogP contribution < -0.4 is 4.74 Å². The number of nitrogens with zero attached hydrogens (tertiary/aromatic N) is 2. The lowest BCUT2D eigenvalue weighted by Crippen LogP contribution is -2.44. The molecule has 0 spiro atoms. The summed E-state index contributed by atoms with van der Waals surface area (Å²) >= 11 is 0.860. The Bertz CT molecular complexity index is 1030. The molecule has 154 valence electrons. The van der Waals surface area contributed by atoms with Crippen molar-refractivity contribution < 1.29 is 19.1 Å². The summed E-state index contributed by atoms with van der Waals surface area (Å²) in [7, 11) is 0. The summed E-state index contributed by atoms with van der Waals surface area (Å²) in [6, 6.07) is 15.3. The first-order valence-electron chi connectivity index (χ1n) is 9.88. The summed E-state index contributed by atoms with van der Waals surface area (Å²) in [5.41, 5.74) is 3.12. The van der Waals surface area contributed by atoms with Gasteiger partial charge in [0.1, 0.15) is 12.3 Å². The van der Waals surface area contributed by atoms with Crippen molar-refractivity contribution in [2.24, 2.45) is 0 Å². The second-order valence-corrected chi connectivity index (χ2v) is 8.10. The predicted molar refractivity (Wildman–Crippen MR) is 116 cm³/mol. The zero-order chi connectivity index (χ0) is 21.1. The lowest BCUT2D eigenvalue weighted by Gasteiger charge is -2.29. The van der Waals surface area contributed by atoms with Gasteiger partial charge in [0.15, 0.2) is 0 Å². The second-order valence-electron chi connectivity index (χ2n) is 7.11. The van der Waals surface area contributed by atoms with E-state index in [4.69, 9.17) is 4.74 Å². The fourth-order valence-corrected chi connectivity index (χ4v) is 4.43. The molecule has 0 bridgehead atoms. The van der Waals surface area contributed by atoms with Gasteiger partial charge < -0.3 is 9.64 Å². The van der Waals surface area contributed by atoms with Gasteiger partial charge in [-0.1, -0.05) is 36.4 Å². The van der Waals surface area contributed by atoms with Crippen LogP contribution in [-0.2, 0) is 22.6 Å². The third-order valence-corrected chi connectivity index (χ3v) is 6.02. The van der Waals surface area contributed by atoms with E-state index in [2.05, 4.69) is 6.07 Å². The van der Waals surface area contributed by atoms with E-state index in [0.717, 1.165) is 34.2 Å². The zero-order valence-corrected chi connectivity index (χ0v) is 17.5. The molecular weight excluding hydrogens is 400 g/mol. The van der Waals surface area contributed by atoms with Crippen LogP contribution in [0.25, 0.3) is 6.08 Å². The number of carbonyl (C=O) groups excluding carboxylic acids is 3. The summed E-state index contributed by atoms with van der Waals surface area (Å²) < 4.78 is 5.48. The number of hydrogen-bond acceptors (Lipinski definition) is 5. The highest BCUT2D eigenvalue weighted by Gasteiger charge is 2.37. The van der Waals surface area contributed by atoms with Crippen LogP contribution in [-0.4, -0.2) is 46.5 Å². The Morgan fingerprint density at radius 2 is 1.93 bits per heavy atom. The van der Waals surface area contributed by atoms with E-state index in [1.54, 1.807) is 11.0 Å². The molecular formula is C23H22N2O4S. The number of carbonyl (C=O) groups is 3. The highest BCUT2D eigenvalue weighted by atomic mass is 32.2. The fraction of sp³-hybridized carbons (Fsp3) is 0.261. The zero-order valence-electron chi connectivity index (χ0n) is 16.7. The molecule has 30 heavy (non-hydrogen) atoms. The molecule has 0 aliphatic carbocycles. The van der Waals surface area contributed by atoms with Crippen LogP contribution >= 0.6 is 11.8 Å². The van der Waals surface area contributed by atoms with E-state index in [1.807, 2.05) is 49.4 Å². The number of rotatable bonds is 5. The largest absolute Gasteiger partial charge is 0.494 e. The maximum Gasteiger partial charge on any atom is 0.294 e. The average molecular weight is 423 g/mol. The van der Waals surface area contributed by atoms with Crippen LogP contribution in [0.15, 0.2) is 53.4 Å². The minimum atomic E-state index is -0.433. The second kappa shape index (κ2) is 8.75. The van der Waals surface area contributed by atoms with Gasteiger partial charge in [-0.15, -0.1) is 0 Å². The molecule has 2 heterocycles. The Morgan fingerprint density at radius 1 is 1.13 bits per heavy atom. The van der Waals surface area contributed by atoms with Gasteiger partial charge in [-0.2, -0.15) is 0 Å². The molecule has 0 N–H and O–H groups in total. The smallest absolute Gasteiger partial charge is 0.294 e. The first-order chi connectivity index (χ1) is 14.5. The third-order valence-electron chi connectivity index (χ3n) is 5.12.